The number of aromatic hydroxyl groups is 1. The summed E-state index contributed by atoms with van der Waals surface area (Å²) in [5, 5.41) is 9.24. The number of methoxy groups -OCH3 is 1. The van der Waals surface area contributed by atoms with Gasteiger partial charge < -0.3 is 14.6 Å². The molecule has 0 aromatic heterocycles. The fourth-order valence-electron chi connectivity index (χ4n) is 0.836. The van der Waals surface area contributed by atoms with Gasteiger partial charge in [0.2, 0.25) is 0 Å². The van der Waals surface area contributed by atoms with Crippen molar-refractivity contribution in [1.29, 1.82) is 0 Å². The molecule has 0 heterocycles. The first-order valence-electron chi connectivity index (χ1n) is 3.69. The first-order chi connectivity index (χ1) is 6.25. The molecule has 0 saturated carbocycles. The Morgan fingerprint density at radius 3 is 2.77 bits per heavy atom. The molecule has 4 nitrogen and oxygen atoms in total. The average molecular weight is 182 g/mol. The predicted molar refractivity (Wildman–Crippen MR) is 45.4 cm³/mol. The first kappa shape index (κ1) is 9.54. The molecule has 13 heavy (non-hydrogen) atoms. The molecule has 1 aromatic rings. The normalized spacial score (nSPS) is 9.62. The van der Waals surface area contributed by atoms with E-state index >= 15 is 0 Å². The maximum atomic E-state index is 11.2. The zero-order chi connectivity index (χ0) is 9.68. The maximum Gasteiger partial charge on any atom is 0.344 e. The van der Waals surface area contributed by atoms with Crippen molar-refractivity contribution in [2.45, 2.75) is 0 Å². The highest BCUT2D eigenvalue weighted by Crippen LogP contribution is 2.16. The second kappa shape index (κ2) is 4.47. The van der Waals surface area contributed by atoms with Crippen LogP contribution >= 0.6 is 0 Å². The van der Waals surface area contributed by atoms with Gasteiger partial charge in [0.1, 0.15) is 11.3 Å². The van der Waals surface area contributed by atoms with E-state index in [1.54, 1.807) is 12.1 Å². The highest BCUT2D eigenvalue weighted by Gasteiger charge is 2.10. The number of para-hydroxylation sites is 1. The van der Waals surface area contributed by atoms with Crippen LogP contribution in [0.4, 0.5) is 0 Å². The Bertz CT molecular complexity index is 295. The summed E-state index contributed by atoms with van der Waals surface area (Å²) in [6.45, 7) is -0.118. The van der Waals surface area contributed by atoms with Crippen molar-refractivity contribution in [3.63, 3.8) is 0 Å². The zero-order valence-corrected chi connectivity index (χ0v) is 7.19. The molecule has 0 unspecified atom stereocenters. The number of esters is 1. The van der Waals surface area contributed by atoms with Crippen molar-refractivity contribution in [1.82, 2.24) is 0 Å². The minimum Gasteiger partial charge on any atom is -0.507 e. The maximum absolute atomic E-state index is 11.2. The molecular formula is C9H10O4. The van der Waals surface area contributed by atoms with Crippen LogP contribution in [0.5, 0.6) is 5.75 Å². The molecule has 1 rings (SSSR count). The highest BCUT2D eigenvalue weighted by molar-refractivity contribution is 5.92. The first-order valence-corrected chi connectivity index (χ1v) is 3.69. The van der Waals surface area contributed by atoms with Gasteiger partial charge in [-0.2, -0.15) is 0 Å². The molecule has 0 aliphatic heterocycles. The summed E-state index contributed by atoms with van der Waals surface area (Å²) in [6, 6.07) is 6.17. The predicted octanol–water partition coefficient (Wildman–Crippen LogP) is 1.15. The Kier molecular flexibility index (Phi) is 3.28. The van der Waals surface area contributed by atoms with Crippen LogP contribution < -0.4 is 0 Å². The van der Waals surface area contributed by atoms with Gasteiger partial charge in [-0.3, -0.25) is 0 Å². The summed E-state index contributed by atoms with van der Waals surface area (Å²) >= 11 is 0. The number of phenols is 1. The summed E-state index contributed by atoms with van der Waals surface area (Å²) in [6.07, 6.45) is 0. The van der Waals surface area contributed by atoms with E-state index in [4.69, 9.17) is 0 Å². The minimum atomic E-state index is -0.597. The molecule has 1 N–H and O–H groups in total. The van der Waals surface area contributed by atoms with Crippen molar-refractivity contribution >= 4 is 5.97 Å². The lowest BCUT2D eigenvalue weighted by molar-refractivity contribution is -0.0126. The van der Waals surface area contributed by atoms with Crippen LogP contribution in [0, 0.1) is 0 Å². The average Bonchev–Trinajstić information content (AvgIpc) is 2.15. The van der Waals surface area contributed by atoms with E-state index in [-0.39, 0.29) is 18.1 Å². The number of phenolic OH excluding ortho intramolecular Hbond substituents is 1. The standard InChI is InChI=1S/C9H10O4/c1-12-6-13-9(11)7-4-2-3-5-8(7)10/h2-5,10H,6H2,1H3. The Morgan fingerprint density at radius 2 is 2.15 bits per heavy atom. The van der Waals surface area contributed by atoms with Crippen LogP contribution in [-0.4, -0.2) is 25.0 Å². The Labute approximate surface area is 75.7 Å². The van der Waals surface area contributed by atoms with Crippen LogP contribution in [0.1, 0.15) is 10.4 Å². The zero-order valence-electron chi connectivity index (χ0n) is 7.19. The molecule has 0 bridgehead atoms. The molecule has 0 aliphatic carbocycles. The Morgan fingerprint density at radius 1 is 1.46 bits per heavy atom. The molecule has 1 aromatic carbocycles. The van der Waals surface area contributed by atoms with Gasteiger partial charge in [0.25, 0.3) is 0 Å². The molecular weight excluding hydrogens is 172 g/mol. The molecule has 0 fully saturated rings. The Balaban J connectivity index is 2.71. The van der Waals surface area contributed by atoms with Crippen molar-refractivity contribution in [2.24, 2.45) is 0 Å². The number of ether oxygens (including phenoxy) is 2. The fraction of sp³-hybridized carbons (Fsp3) is 0.222. The molecule has 0 aliphatic rings. The van der Waals surface area contributed by atoms with Crippen molar-refractivity contribution < 1.29 is 19.4 Å². The van der Waals surface area contributed by atoms with Gasteiger partial charge in [-0.05, 0) is 12.1 Å². The smallest absolute Gasteiger partial charge is 0.344 e. The third-order valence-corrected chi connectivity index (χ3v) is 1.43. The number of rotatable bonds is 3. The van der Waals surface area contributed by atoms with E-state index in [0.717, 1.165) is 0 Å². The van der Waals surface area contributed by atoms with E-state index < -0.39 is 5.97 Å². The van der Waals surface area contributed by atoms with Crippen molar-refractivity contribution in [3.05, 3.63) is 29.8 Å². The second-order valence-corrected chi connectivity index (χ2v) is 2.36. The summed E-state index contributed by atoms with van der Waals surface area (Å²) in [5.41, 5.74) is 0.138. The lowest BCUT2D eigenvalue weighted by Gasteiger charge is -2.03. The van der Waals surface area contributed by atoms with E-state index in [1.807, 2.05) is 0 Å². The lowest BCUT2D eigenvalue weighted by Crippen LogP contribution is -2.07. The number of hydrogen-bond donors (Lipinski definition) is 1. The van der Waals surface area contributed by atoms with Gasteiger partial charge in [0, 0.05) is 7.11 Å². The molecule has 0 saturated heterocycles. The second-order valence-electron chi connectivity index (χ2n) is 2.36. The number of benzene rings is 1. The van der Waals surface area contributed by atoms with Gasteiger partial charge in [0.05, 0.1) is 0 Å². The summed E-state index contributed by atoms with van der Waals surface area (Å²) < 4.78 is 9.19. The molecule has 0 spiro atoms. The SMILES string of the molecule is COCOC(=O)c1ccccc1O. The minimum absolute atomic E-state index is 0.0939. The highest BCUT2D eigenvalue weighted by atomic mass is 16.7. The van der Waals surface area contributed by atoms with Gasteiger partial charge in [-0.25, -0.2) is 4.79 Å². The quantitative estimate of drug-likeness (QED) is 0.562. The van der Waals surface area contributed by atoms with Crippen LogP contribution in [0.3, 0.4) is 0 Å². The molecule has 70 valence electrons. The summed E-state index contributed by atoms with van der Waals surface area (Å²) in [4.78, 5) is 11.2. The lowest BCUT2D eigenvalue weighted by atomic mass is 10.2. The topological polar surface area (TPSA) is 55.8 Å². The molecule has 0 atom stereocenters. The van der Waals surface area contributed by atoms with Crippen LogP contribution in [0.2, 0.25) is 0 Å². The summed E-state index contributed by atoms with van der Waals surface area (Å²) in [7, 11) is 1.41. The van der Waals surface area contributed by atoms with Crippen LogP contribution in [-0.2, 0) is 9.47 Å². The number of carbonyl (C=O) groups excluding carboxylic acids is 1. The van der Waals surface area contributed by atoms with Crippen molar-refractivity contribution in [2.75, 3.05) is 13.9 Å². The fourth-order valence-corrected chi connectivity index (χ4v) is 0.836. The number of hydrogen-bond acceptors (Lipinski definition) is 4. The third-order valence-electron chi connectivity index (χ3n) is 1.43. The summed E-state index contributed by atoms with van der Waals surface area (Å²) in [5.74, 6) is -0.691. The molecule has 0 amide bonds. The van der Waals surface area contributed by atoms with Gasteiger partial charge in [-0.15, -0.1) is 0 Å². The van der Waals surface area contributed by atoms with Crippen LogP contribution in [0.15, 0.2) is 24.3 Å². The van der Waals surface area contributed by atoms with E-state index in [0.29, 0.717) is 0 Å². The van der Waals surface area contributed by atoms with Gasteiger partial charge >= 0.3 is 5.97 Å². The molecule has 0 radical (unpaired) electrons. The van der Waals surface area contributed by atoms with E-state index in [2.05, 4.69) is 9.47 Å². The van der Waals surface area contributed by atoms with E-state index in [9.17, 15) is 9.90 Å². The van der Waals surface area contributed by atoms with Crippen LogP contribution in [0.25, 0.3) is 0 Å². The molecule has 4 heteroatoms. The Hall–Kier alpha value is -1.55. The van der Waals surface area contributed by atoms with Crippen molar-refractivity contribution in [3.8, 4) is 5.75 Å². The van der Waals surface area contributed by atoms with Gasteiger partial charge in [0.15, 0.2) is 6.79 Å². The monoisotopic (exact) mass is 182 g/mol. The van der Waals surface area contributed by atoms with Gasteiger partial charge in [-0.1, -0.05) is 12.1 Å². The number of carbonyl (C=O) groups is 1. The van der Waals surface area contributed by atoms with E-state index in [1.165, 1.54) is 19.2 Å². The third kappa shape index (κ3) is 2.45. The largest absolute Gasteiger partial charge is 0.507 e.